The summed E-state index contributed by atoms with van der Waals surface area (Å²) in [5, 5.41) is 3.47. The zero-order valence-corrected chi connectivity index (χ0v) is 13.6. The first-order valence-electron chi connectivity index (χ1n) is 7.46. The molecule has 21 heavy (non-hydrogen) atoms. The summed E-state index contributed by atoms with van der Waals surface area (Å²) in [5.41, 5.74) is 6.23. The Morgan fingerprint density at radius 3 is 2.57 bits per heavy atom. The largest absolute Gasteiger partial charge is 0.344 e. The number of hydrogen-bond acceptors (Lipinski definition) is 3. The monoisotopic (exact) mass is 283 g/mol. The molecule has 0 aliphatic carbocycles. The number of hydrogen-bond donors (Lipinski definition) is 1. The van der Waals surface area contributed by atoms with Gasteiger partial charge in [-0.05, 0) is 31.5 Å². The zero-order valence-electron chi connectivity index (χ0n) is 13.6. The van der Waals surface area contributed by atoms with Crippen LogP contribution in [0.25, 0.3) is 0 Å². The van der Waals surface area contributed by atoms with E-state index in [0.29, 0.717) is 6.04 Å². The normalized spacial score (nSPS) is 11.0. The second-order valence-electron chi connectivity index (χ2n) is 5.89. The summed E-state index contributed by atoms with van der Waals surface area (Å²) in [6, 6.07) is 9.11. The van der Waals surface area contributed by atoms with Gasteiger partial charge in [-0.25, -0.2) is 0 Å². The first-order chi connectivity index (χ1) is 9.99. The van der Waals surface area contributed by atoms with Crippen LogP contribution in [0.15, 0.2) is 36.7 Å². The molecular formula is C18H25N3. The summed E-state index contributed by atoms with van der Waals surface area (Å²) in [7, 11) is 2.12. The highest BCUT2D eigenvalue weighted by Crippen LogP contribution is 2.29. The van der Waals surface area contributed by atoms with Gasteiger partial charge in [0.25, 0.3) is 0 Å². The molecule has 2 rings (SSSR count). The van der Waals surface area contributed by atoms with Gasteiger partial charge in [0, 0.05) is 49.0 Å². The van der Waals surface area contributed by atoms with E-state index in [-0.39, 0.29) is 0 Å². The second kappa shape index (κ2) is 6.72. The predicted octanol–water partition coefficient (Wildman–Crippen LogP) is 3.96. The average Bonchev–Trinajstić information content (AvgIpc) is 2.45. The van der Waals surface area contributed by atoms with Gasteiger partial charge in [0.05, 0.1) is 0 Å². The maximum Gasteiger partial charge on any atom is 0.0484 e. The lowest BCUT2D eigenvalue weighted by atomic mass is 10.1. The number of aromatic nitrogens is 1. The maximum atomic E-state index is 4.27. The van der Waals surface area contributed by atoms with Crippen molar-refractivity contribution in [2.75, 3.05) is 11.9 Å². The molecule has 1 aromatic carbocycles. The Balaban J connectivity index is 2.32. The molecule has 0 aliphatic heterocycles. The van der Waals surface area contributed by atoms with Gasteiger partial charge in [0.2, 0.25) is 0 Å². The highest BCUT2D eigenvalue weighted by atomic mass is 15.1. The van der Waals surface area contributed by atoms with E-state index in [1.165, 1.54) is 28.1 Å². The molecule has 0 atom stereocenters. The van der Waals surface area contributed by atoms with Gasteiger partial charge < -0.3 is 10.2 Å². The van der Waals surface area contributed by atoms with E-state index < -0.39 is 0 Å². The summed E-state index contributed by atoms with van der Waals surface area (Å²) in [5.74, 6) is 0. The Bertz CT molecular complexity index is 605. The summed E-state index contributed by atoms with van der Waals surface area (Å²) in [6.07, 6.45) is 3.80. The van der Waals surface area contributed by atoms with Crippen LogP contribution < -0.4 is 10.2 Å². The third-order valence-electron chi connectivity index (χ3n) is 3.65. The van der Waals surface area contributed by atoms with Gasteiger partial charge in [0.15, 0.2) is 0 Å². The molecule has 0 saturated carbocycles. The lowest BCUT2D eigenvalue weighted by Crippen LogP contribution is -2.23. The number of aryl methyl sites for hydroxylation is 2. The van der Waals surface area contributed by atoms with Crippen LogP contribution >= 0.6 is 0 Å². The first-order valence-corrected chi connectivity index (χ1v) is 7.46. The SMILES string of the molecule is Cc1ccc(N(C)c2ccncc2CNC(C)C)c(C)c1. The highest BCUT2D eigenvalue weighted by Gasteiger charge is 2.11. The Morgan fingerprint density at radius 2 is 1.90 bits per heavy atom. The fraction of sp³-hybridized carbons (Fsp3) is 0.389. The summed E-state index contributed by atoms with van der Waals surface area (Å²) < 4.78 is 0. The number of benzene rings is 1. The molecule has 112 valence electrons. The predicted molar refractivity (Wildman–Crippen MR) is 90.2 cm³/mol. The van der Waals surface area contributed by atoms with Crippen molar-refractivity contribution >= 4 is 11.4 Å². The van der Waals surface area contributed by atoms with Crippen molar-refractivity contribution in [2.24, 2.45) is 0 Å². The Labute approximate surface area is 128 Å². The fourth-order valence-corrected chi connectivity index (χ4v) is 2.51. The minimum absolute atomic E-state index is 0.462. The highest BCUT2D eigenvalue weighted by molar-refractivity contribution is 5.68. The van der Waals surface area contributed by atoms with Crippen LogP contribution in [0, 0.1) is 13.8 Å². The van der Waals surface area contributed by atoms with Gasteiger partial charge in [-0.2, -0.15) is 0 Å². The number of anilines is 2. The molecule has 1 N–H and O–H groups in total. The minimum Gasteiger partial charge on any atom is -0.344 e. The Kier molecular flexibility index (Phi) is 4.97. The van der Waals surface area contributed by atoms with E-state index in [1.54, 1.807) is 0 Å². The summed E-state index contributed by atoms with van der Waals surface area (Å²) in [6.45, 7) is 9.43. The lowest BCUT2D eigenvalue weighted by molar-refractivity contribution is 0.588. The van der Waals surface area contributed by atoms with E-state index in [1.807, 2.05) is 12.4 Å². The van der Waals surface area contributed by atoms with Crippen molar-refractivity contribution < 1.29 is 0 Å². The first kappa shape index (κ1) is 15.5. The van der Waals surface area contributed by atoms with Crippen LogP contribution in [0.2, 0.25) is 0 Å². The van der Waals surface area contributed by atoms with Crippen LogP contribution in [-0.4, -0.2) is 18.1 Å². The van der Waals surface area contributed by atoms with Crippen LogP contribution in [0.5, 0.6) is 0 Å². The maximum absolute atomic E-state index is 4.27. The van der Waals surface area contributed by atoms with E-state index in [2.05, 4.69) is 74.2 Å². The molecule has 0 spiro atoms. The van der Waals surface area contributed by atoms with E-state index in [9.17, 15) is 0 Å². The number of nitrogens with one attached hydrogen (secondary N) is 1. The number of rotatable bonds is 5. The van der Waals surface area contributed by atoms with Crippen LogP contribution in [0.1, 0.15) is 30.5 Å². The average molecular weight is 283 g/mol. The summed E-state index contributed by atoms with van der Waals surface area (Å²) in [4.78, 5) is 6.51. The quantitative estimate of drug-likeness (QED) is 0.900. The Hall–Kier alpha value is -1.87. The van der Waals surface area contributed by atoms with Gasteiger partial charge in [-0.15, -0.1) is 0 Å². The van der Waals surface area contributed by atoms with E-state index in [4.69, 9.17) is 0 Å². The van der Waals surface area contributed by atoms with Crippen LogP contribution in [0.3, 0.4) is 0 Å². The van der Waals surface area contributed by atoms with Crippen LogP contribution in [-0.2, 0) is 6.54 Å². The fourth-order valence-electron chi connectivity index (χ4n) is 2.51. The van der Waals surface area contributed by atoms with Gasteiger partial charge in [0.1, 0.15) is 0 Å². The van der Waals surface area contributed by atoms with Crippen molar-refractivity contribution in [3.8, 4) is 0 Å². The topological polar surface area (TPSA) is 28.2 Å². The van der Waals surface area contributed by atoms with Crippen molar-refractivity contribution in [1.29, 1.82) is 0 Å². The van der Waals surface area contributed by atoms with Gasteiger partial charge in [-0.3, -0.25) is 4.98 Å². The van der Waals surface area contributed by atoms with E-state index in [0.717, 1.165) is 6.54 Å². The molecule has 2 aromatic rings. The smallest absolute Gasteiger partial charge is 0.0484 e. The Morgan fingerprint density at radius 1 is 1.14 bits per heavy atom. The molecule has 3 nitrogen and oxygen atoms in total. The van der Waals surface area contributed by atoms with Gasteiger partial charge >= 0.3 is 0 Å². The van der Waals surface area contributed by atoms with Crippen molar-refractivity contribution in [2.45, 2.75) is 40.3 Å². The molecular weight excluding hydrogens is 258 g/mol. The molecule has 1 heterocycles. The second-order valence-corrected chi connectivity index (χ2v) is 5.89. The molecule has 0 aliphatic rings. The molecule has 0 fully saturated rings. The zero-order chi connectivity index (χ0) is 15.4. The molecule has 1 aromatic heterocycles. The molecule has 0 saturated heterocycles. The molecule has 0 unspecified atom stereocenters. The third-order valence-corrected chi connectivity index (χ3v) is 3.65. The molecule has 0 amide bonds. The standard InChI is InChI=1S/C18H25N3/c1-13(2)20-12-16-11-19-9-8-18(16)21(5)17-7-6-14(3)10-15(17)4/h6-11,13,20H,12H2,1-5H3. The third kappa shape index (κ3) is 3.82. The summed E-state index contributed by atoms with van der Waals surface area (Å²) >= 11 is 0. The van der Waals surface area contributed by atoms with Crippen LogP contribution in [0.4, 0.5) is 11.4 Å². The molecule has 0 radical (unpaired) electrons. The van der Waals surface area contributed by atoms with Gasteiger partial charge in [-0.1, -0.05) is 31.5 Å². The lowest BCUT2D eigenvalue weighted by Gasteiger charge is -2.25. The molecule has 3 heteroatoms. The number of pyridine rings is 1. The minimum atomic E-state index is 0.462. The molecule has 0 bridgehead atoms. The number of nitrogens with zero attached hydrogens (tertiary/aromatic N) is 2. The van der Waals surface area contributed by atoms with Crippen molar-refractivity contribution in [3.05, 3.63) is 53.3 Å². The van der Waals surface area contributed by atoms with Crippen molar-refractivity contribution in [1.82, 2.24) is 10.3 Å². The van der Waals surface area contributed by atoms with E-state index >= 15 is 0 Å². The van der Waals surface area contributed by atoms with Crippen molar-refractivity contribution in [3.63, 3.8) is 0 Å².